The van der Waals surface area contributed by atoms with Gasteiger partial charge < -0.3 is 15.7 Å². The molecule has 1 heterocycles. The summed E-state index contributed by atoms with van der Waals surface area (Å²) in [5.74, 6) is -1.54. The normalized spacial score (nSPS) is 11.6. The van der Waals surface area contributed by atoms with Crippen molar-refractivity contribution < 1.29 is 19.5 Å². The molecule has 1 unspecified atom stereocenters. The Morgan fingerprint density at radius 1 is 1.12 bits per heavy atom. The monoisotopic (exact) mass is 360 g/mol. The second kappa shape index (κ2) is 8.43. The summed E-state index contributed by atoms with van der Waals surface area (Å²) in [6.45, 7) is 4.19. The highest BCUT2D eigenvalue weighted by Crippen LogP contribution is 2.16. The van der Waals surface area contributed by atoms with Crippen LogP contribution in [0.1, 0.15) is 55.5 Å². The van der Waals surface area contributed by atoms with Gasteiger partial charge in [-0.05, 0) is 43.2 Å². The van der Waals surface area contributed by atoms with E-state index in [1.165, 1.54) is 12.1 Å². The summed E-state index contributed by atoms with van der Waals surface area (Å²) in [4.78, 5) is 35.5. The maximum absolute atomic E-state index is 12.1. The van der Waals surface area contributed by atoms with Crippen molar-refractivity contribution in [2.24, 2.45) is 0 Å². The predicted molar refractivity (Wildman–Crippen MR) is 96.1 cm³/mol. The molecule has 132 valence electrons. The maximum atomic E-state index is 12.1. The molecule has 0 radical (unpaired) electrons. The quantitative estimate of drug-likeness (QED) is 0.707. The highest BCUT2D eigenvalue weighted by Gasteiger charge is 2.13. The molecule has 0 aliphatic heterocycles. The molecule has 0 saturated heterocycles. The van der Waals surface area contributed by atoms with E-state index in [2.05, 4.69) is 10.6 Å². The number of nitrogens with one attached hydrogen (secondary N) is 2. The van der Waals surface area contributed by atoms with Crippen molar-refractivity contribution in [1.82, 2.24) is 10.6 Å². The third-order valence-electron chi connectivity index (χ3n) is 3.67. The number of benzene rings is 1. The molecule has 0 spiro atoms. The number of carboxylic acid groups (broad SMARTS) is 1. The Morgan fingerprint density at radius 3 is 2.48 bits per heavy atom. The van der Waals surface area contributed by atoms with Gasteiger partial charge in [0.1, 0.15) is 4.88 Å². The average Bonchev–Trinajstić information content (AvgIpc) is 3.10. The summed E-state index contributed by atoms with van der Waals surface area (Å²) in [5, 5.41) is 14.5. The molecule has 1 aromatic carbocycles. The Hall–Kier alpha value is -2.67. The van der Waals surface area contributed by atoms with Gasteiger partial charge in [-0.25, -0.2) is 4.79 Å². The van der Waals surface area contributed by atoms with Gasteiger partial charge in [0, 0.05) is 18.2 Å². The molecule has 2 amide bonds. The van der Waals surface area contributed by atoms with Crippen molar-refractivity contribution in [3.8, 4) is 0 Å². The minimum absolute atomic E-state index is 0.0955. The van der Waals surface area contributed by atoms with Crippen LogP contribution in [0.2, 0.25) is 0 Å². The number of aromatic carboxylic acids is 1. The van der Waals surface area contributed by atoms with E-state index >= 15 is 0 Å². The lowest BCUT2D eigenvalue weighted by Crippen LogP contribution is -2.32. The first-order valence-corrected chi connectivity index (χ1v) is 8.73. The van der Waals surface area contributed by atoms with E-state index in [1.54, 1.807) is 18.2 Å². The van der Waals surface area contributed by atoms with Crippen molar-refractivity contribution in [3.05, 3.63) is 57.3 Å². The SMILES string of the molecule is CCC(C)NC(=O)c1cccc(CNC(=O)c2ccc(C(=O)O)s2)c1. The Balaban J connectivity index is 1.98. The van der Waals surface area contributed by atoms with Crippen LogP contribution in [0.3, 0.4) is 0 Å². The van der Waals surface area contributed by atoms with Crippen molar-refractivity contribution in [2.75, 3.05) is 0 Å². The van der Waals surface area contributed by atoms with Crippen LogP contribution in [0.4, 0.5) is 0 Å². The van der Waals surface area contributed by atoms with Crippen LogP contribution in [0.15, 0.2) is 36.4 Å². The van der Waals surface area contributed by atoms with E-state index in [0.29, 0.717) is 10.4 Å². The predicted octanol–water partition coefficient (Wildman–Crippen LogP) is 2.90. The summed E-state index contributed by atoms with van der Waals surface area (Å²) in [7, 11) is 0. The van der Waals surface area contributed by atoms with Gasteiger partial charge >= 0.3 is 5.97 Å². The zero-order valence-electron chi connectivity index (χ0n) is 14.0. The summed E-state index contributed by atoms with van der Waals surface area (Å²) in [6.07, 6.45) is 0.848. The highest BCUT2D eigenvalue weighted by molar-refractivity contribution is 7.15. The zero-order chi connectivity index (χ0) is 18.4. The van der Waals surface area contributed by atoms with Gasteiger partial charge in [-0.15, -0.1) is 11.3 Å². The summed E-state index contributed by atoms with van der Waals surface area (Å²) in [6, 6.07) is 10.0. The lowest BCUT2D eigenvalue weighted by molar-refractivity contribution is 0.0701. The minimum Gasteiger partial charge on any atom is -0.477 e. The van der Waals surface area contributed by atoms with Gasteiger partial charge in [0.05, 0.1) is 4.88 Å². The molecule has 0 bridgehead atoms. The van der Waals surface area contributed by atoms with Crippen molar-refractivity contribution in [1.29, 1.82) is 0 Å². The zero-order valence-corrected chi connectivity index (χ0v) is 14.9. The molecule has 0 saturated carbocycles. The first kappa shape index (κ1) is 18.7. The van der Waals surface area contributed by atoms with Gasteiger partial charge in [0.25, 0.3) is 11.8 Å². The van der Waals surface area contributed by atoms with E-state index in [4.69, 9.17) is 5.11 Å². The van der Waals surface area contributed by atoms with Gasteiger partial charge in [0.2, 0.25) is 0 Å². The molecule has 1 aromatic heterocycles. The van der Waals surface area contributed by atoms with Crippen LogP contribution < -0.4 is 10.6 Å². The lowest BCUT2D eigenvalue weighted by Gasteiger charge is -2.12. The molecular formula is C18H20N2O4S. The standard InChI is InChI=1S/C18H20N2O4S/c1-3-11(2)20-16(21)13-6-4-5-12(9-13)10-19-17(22)14-7-8-15(25-14)18(23)24/h4-9,11H,3,10H2,1-2H3,(H,19,22)(H,20,21)(H,23,24). The van der Waals surface area contributed by atoms with Gasteiger partial charge in [-0.1, -0.05) is 19.1 Å². The van der Waals surface area contributed by atoms with Gasteiger partial charge in [-0.2, -0.15) is 0 Å². The van der Waals surface area contributed by atoms with Gasteiger partial charge in [-0.3, -0.25) is 9.59 Å². The second-order valence-electron chi connectivity index (χ2n) is 5.63. The van der Waals surface area contributed by atoms with Crippen LogP contribution in [0.25, 0.3) is 0 Å². The lowest BCUT2D eigenvalue weighted by atomic mass is 10.1. The number of thiophene rings is 1. The molecule has 6 nitrogen and oxygen atoms in total. The van der Waals surface area contributed by atoms with Crippen LogP contribution >= 0.6 is 11.3 Å². The van der Waals surface area contributed by atoms with Crippen LogP contribution in [0.5, 0.6) is 0 Å². The van der Waals surface area contributed by atoms with Gasteiger partial charge in [0.15, 0.2) is 0 Å². The largest absolute Gasteiger partial charge is 0.477 e. The molecule has 2 rings (SSSR count). The molecule has 25 heavy (non-hydrogen) atoms. The van der Waals surface area contributed by atoms with Crippen molar-refractivity contribution in [3.63, 3.8) is 0 Å². The Kier molecular flexibility index (Phi) is 6.30. The molecule has 0 aliphatic carbocycles. The maximum Gasteiger partial charge on any atom is 0.345 e. The van der Waals surface area contributed by atoms with Crippen LogP contribution in [-0.2, 0) is 6.54 Å². The fraction of sp³-hybridized carbons (Fsp3) is 0.278. The molecule has 2 aromatic rings. The van der Waals surface area contributed by atoms with E-state index in [1.807, 2.05) is 19.9 Å². The smallest absolute Gasteiger partial charge is 0.345 e. The van der Waals surface area contributed by atoms with Crippen LogP contribution in [0, 0.1) is 0 Å². The number of rotatable bonds is 7. The molecule has 0 aliphatic rings. The van der Waals surface area contributed by atoms with E-state index in [9.17, 15) is 14.4 Å². The number of carboxylic acids is 1. The first-order chi connectivity index (χ1) is 11.9. The fourth-order valence-corrected chi connectivity index (χ4v) is 2.84. The summed E-state index contributed by atoms with van der Waals surface area (Å²) in [5.41, 5.74) is 1.33. The second-order valence-corrected chi connectivity index (χ2v) is 6.72. The molecular weight excluding hydrogens is 340 g/mol. The third kappa shape index (κ3) is 5.15. The fourth-order valence-electron chi connectivity index (χ4n) is 2.08. The Bertz CT molecular complexity index is 785. The van der Waals surface area contributed by atoms with E-state index < -0.39 is 5.97 Å². The number of carbonyl (C=O) groups is 3. The molecule has 0 fully saturated rings. The van der Waals surface area contributed by atoms with E-state index in [-0.39, 0.29) is 29.3 Å². The summed E-state index contributed by atoms with van der Waals surface area (Å²) >= 11 is 0.926. The number of amides is 2. The number of hydrogen-bond acceptors (Lipinski definition) is 4. The van der Waals surface area contributed by atoms with Crippen molar-refractivity contribution >= 4 is 29.1 Å². The number of hydrogen-bond donors (Lipinski definition) is 3. The minimum atomic E-state index is -1.05. The van der Waals surface area contributed by atoms with E-state index in [0.717, 1.165) is 23.3 Å². The highest BCUT2D eigenvalue weighted by atomic mass is 32.1. The van der Waals surface area contributed by atoms with Crippen LogP contribution in [-0.4, -0.2) is 28.9 Å². The summed E-state index contributed by atoms with van der Waals surface area (Å²) < 4.78 is 0. The Labute approximate surface area is 149 Å². The average molecular weight is 360 g/mol. The topological polar surface area (TPSA) is 95.5 Å². The Morgan fingerprint density at radius 2 is 1.84 bits per heavy atom. The first-order valence-electron chi connectivity index (χ1n) is 7.91. The third-order valence-corrected chi connectivity index (χ3v) is 4.74. The van der Waals surface area contributed by atoms with Crippen molar-refractivity contribution in [2.45, 2.75) is 32.9 Å². The molecule has 3 N–H and O–H groups in total. The number of carbonyl (C=O) groups excluding carboxylic acids is 2. The molecule has 1 atom stereocenters. The molecule has 7 heteroatoms.